The fourth-order valence-electron chi connectivity index (χ4n) is 2.44. The van der Waals surface area contributed by atoms with E-state index in [-0.39, 0.29) is 0 Å². The Bertz CT molecular complexity index is 383. The van der Waals surface area contributed by atoms with Crippen LogP contribution in [0.3, 0.4) is 0 Å². The summed E-state index contributed by atoms with van der Waals surface area (Å²) in [5, 5.41) is 4.45. The van der Waals surface area contributed by atoms with Crippen LogP contribution in [0.25, 0.3) is 0 Å². The SMILES string of the molecule is CCCC1(CNCc2ccc(C)c(Cl)c2)CC1. The molecule has 1 aromatic rings. The lowest BCUT2D eigenvalue weighted by atomic mass is 10.0. The number of hydrogen-bond donors (Lipinski definition) is 1. The van der Waals surface area contributed by atoms with Crippen LogP contribution in [0.15, 0.2) is 18.2 Å². The number of aryl methyl sites for hydroxylation is 1. The van der Waals surface area contributed by atoms with Crippen LogP contribution in [0.1, 0.15) is 43.7 Å². The predicted octanol–water partition coefficient (Wildman–Crippen LogP) is 4.32. The van der Waals surface area contributed by atoms with Gasteiger partial charge in [-0.1, -0.05) is 37.1 Å². The molecule has 1 saturated carbocycles. The van der Waals surface area contributed by atoms with Gasteiger partial charge in [0.1, 0.15) is 0 Å². The van der Waals surface area contributed by atoms with E-state index in [0.29, 0.717) is 5.41 Å². The monoisotopic (exact) mass is 251 g/mol. The van der Waals surface area contributed by atoms with Crippen LogP contribution in [-0.4, -0.2) is 6.54 Å². The van der Waals surface area contributed by atoms with Gasteiger partial charge in [-0.3, -0.25) is 0 Å². The summed E-state index contributed by atoms with van der Waals surface area (Å²) in [6.45, 7) is 6.41. The molecule has 0 saturated heterocycles. The molecule has 1 N–H and O–H groups in total. The molecule has 2 heteroatoms. The molecule has 94 valence electrons. The van der Waals surface area contributed by atoms with Crippen molar-refractivity contribution in [1.29, 1.82) is 0 Å². The fourth-order valence-corrected chi connectivity index (χ4v) is 2.64. The maximum absolute atomic E-state index is 6.12. The average Bonchev–Trinajstić information content (AvgIpc) is 3.04. The number of rotatable bonds is 6. The van der Waals surface area contributed by atoms with Gasteiger partial charge < -0.3 is 5.32 Å². The highest BCUT2D eigenvalue weighted by atomic mass is 35.5. The zero-order chi connectivity index (χ0) is 12.3. The number of halogens is 1. The second kappa shape index (κ2) is 5.41. The number of hydrogen-bond acceptors (Lipinski definition) is 1. The highest BCUT2D eigenvalue weighted by molar-refractivity contribution is 6.31. The molecular weight excluding hydrogens is 230 g/mol. The molecule has 0 bridgehead atoms. The first-order valence-electron chi connectivity index (χ1n) is 6.61. The van der Waals surface area contributed by atoms with Crippen molar-refractivity contribution >= 4 is 11.6 Å². The maximum atomic E-state index is 6.12. The summed E-state index contributed by atoms with van der Waals surface area (Å²) in [5.41, 5.74) is 3.07. The summed E-state index contributed by atoms with van der Waals surface area (Å²) in [7, 11) is 0. The van der Waals surface area contributed by atoms with Gasteiger partial charge in [0, 0.05) is 18.1 Å². The smallest absolute Gasteiger partial charge is 0.0438 e. The summed E-state index contributed by atoms with van der Waals surface area (Å²) in [5.74, 6) is 0. The lowest BCUT2D eigenvalue weighted by molar-refractivity contribution is 0.421. The molecule has 1 aliphatic carbocycles. The van der Waals surface area contributed by atoms with E-state index in [9.17, 15) is 0 Å². The first-order valence-corrected chi connectivity index (χ1v) is 6.99. The summed E-state index contributed by atoms with van der Waals surface area (Å²) in [4.78, 5) is 0. The van der Waals surface area contributed by atoms with Crippen LogP contribution >= 0.6 is 11.6 Å². The van der Waals surface area contributed by atoms with Gasteiger partial charge in [-0.25, -0.2) is 0 Å². The Kier molecular flexibility index (Phi) is 4.11. The van der Waals surface area contributed by atoms with Crippen LogP contribution in [0.2, 0.25) is 5.02 Å². The number of nitrogens with one attached hydrogen (secondary N) is 1. The zero-order valence-corrected chi connectivity index (χ0v) is 11.6. The molecule has 1 nitrogen and oxygen atoms in total. The van der Waals surface area contributed by atoms with E-state index in [1.54, 1.807) is 0 Å². The molecule has 0 unspecified atom stereocenters. The standard InChI is InChI=1S/C15H22ClN/c1-3-6-15(7-8-15)11-17-10-13-5-4-12(2)14(16)9-13/h4-5,9,17H,3,6-8,10-11H2,1-2H3. The highest BCUT2D eigenvalue weighted by Crippen LogP contribution is 2.48. The molecule has 0 spiro atoms. The molecule has 1 fully saturated rings. The molecule has 0 atom stereocenters. The Balaban J connectivity index is 1.80. The largest absolute Gasteiger partial charge is 0.312 e. The Morgan fingerprint density at radius 2 is 2.12 bits per heavy atom. The minimum atomic E-state index is 0.628. The summed E-state index contributed by atoms with van der Waals surface area (Å²) in [6, 6.07) is 6.33. The molecule has 17 heavy (non-hydrogen) atoms. The van der Waals surface area contributed by atoms with Crippen LogP contribution in [-0.2, 0) is 6.54 Å². The molecule has 0 heterocycles. The van der Waals surface area contributed by atoms with Crippen molar-refractivity contribution in [2.24, 2.45) is 5.41 Å². The second-order valence-corrected chi connectivity index (χ2v) is 5.84. The topological polar surface area (TPSA) is 12.0 Å². The van der Waals surface area contributed by atoms with Gasteiger partial charge in [-0.05, 0) is 48.8 Å². The summed E-state index contributed by atoms with van der Waals surface area (Å²) in [6.07, 6.45) is 5.48. The third kappa shape index (κ3) is 3.46. The van der Waals surface area contributed by atoms with E-state index in [1.165, 1.54) is 31.2 Å². The van der Waals surface area contributed by atoms with Crippen LogP contribution in [0.5, 0.6) is 0 Å². The van der Waals surface area contributed by atoms with E-state index < -0.39 is 0 Å². The van der Waals surface area contributed by atoms with Crippen molar-refractivity contribution in [2.75, 3.05) is 6.54 Å². The molecule has 0 amide bonds. The Labute approximate surface area is 110 Å². The van der Waals surface area contributed by atoms with E-state index in [4.69, 9.17) is 11.6 Å². The van der Waals surface area contributed by atoms with Crippen LogP contribution < -0.4 is 5.32 Å². The van der Waals surface area contributed by atoms with E-state index in [1.807, 2.05) is 6.92 Å². The predicted molar refractivity (Wildman–Crippen MR) is 74.5 cm³/mol. The summed E-state index contributed by atoms with van der Waals surface area (Å²) < 4.78 is 0. The quantitative estimate of drug-likeness (QED) is 0.794. The van der Waals surface area contributed by atoms with Crippen LogP contribution in [0.4, 0.5) is 0 Å². The second-order valence-electron chi connectivity index (χ2n) is 5.44. The highest BCUT2D eigenvalue weighted by Gasteiger charge is 2.40. The molecule has 0 aliphatic heterocycles. The Hall–Kier alpha value is -0.530. The van der Waals surface area contributed by atoms with Crippen molar-refractivity contribution in [1.82, 2.24) is 5.32 Å². The van der Waals surface area contributed by atoms with Crippen molar-refractivity contribution < 1.29 is 0 Å². The Morgan fingerprint density at radius 1 is 1.35 bits per heavy atom. The van der Waals surface area contributed by atoms with Crippen LogP contribution in [0, 0.1) is 12.3 Å². The maximum Gasteiger partial charge on any atom is 0.0438 e. The molecule has 0 aromatic heterocycles. The minimum Gasteiger partial charge on any atom is -0.312 e. The minimum absolute atomic E-state index is 0.628. The van der Waals surface area contributed by atoms with Crippen molar-refractivity contribution in [3.8, 4) is 0 Å². The first-order chi connectivity index (χ1) is 8.15. The molecule has 1 aliphatic rings. The lowest BCUT2D eigenvalue weighted by Gasteiger charge is -2.15. The average molecular weight is 252 g/mol. The van der Waals surface area contributed by atoms with Crippen molar-refractivity contribution in [3.63, 3.8) is 0 Å². The third-order valence-electron chi connectivity index (χ3n) is 3.80. The third-order valence-corrected chi connectivity index (χ3v) is 4.21. The first kappa shape index (κ1) is 12.9. The van der Waals surface area contributed by atoms with E-state index in [0.717, 1.165) is 23.7 Å². The number of benzene rings is 1. The van der Waals surface area contributed by atoms with Gasteiger partial charge in [0.05, 0.1) is 0 Å². The molecular formula is C15H22ClN. The normalized spacial score (nSPS) is 17.1. The lowest BCUT2D eigenvalue weighted by Crippen LogP contribution is -2.23. The molecule has 1 aromatic carbocycles. The van der Waals surface area contributed by atoms with Gasteiger partial charge in [-0.15, -0.1) is 0 Å². The zero-order valence-electron chi connectivity index (χ0n) is 10.9. The van der Waals surface area contributed by atoms with E-state index in [2.05, 4.69) is 30.4 Å². The summed E-state index contributed by atoms with van der Waals surface area (Å²) >= 11 is 6.12. The molecule has 2 rings (SSSR count). The van der Waals surface area contributed by atoms with Gasteiger partial charge in [0.2, 0.25) is 0 Å². The van der Waals surface area contributed by atoms with Gasteiger partial charge in [0.15, 0.2) is 0 Å². The van der Waals surface area contributed by atoms with Gasteiger partial charge in [0.25, 0.3) is 0 Å². The van der Waals surface area contributed by atoms with Gasteiger partial charge >= 0.3 is 0 Å². The molecule has 0 radical (unpaired) electrons. The fraction of sp³-hybridized carbons (Fsp3) is 0.600. The van der Waals surface area contributed by atoms with Gasteiger partial charge in [-0.2, -0.15) is 0 Å². The Morgan fingerprint density at radius 3 is 2.71 bits per heavy atom. The van der Waals surface area contributed by atoms with Crippen molar-refractivity contribution in [2.45, 2.75) is 46.1 Å². The van der Waals surface area contributed by atoms with Crippen molar-refractivity contribution in [3.05, 3.63) is 34.3 Å². The van der Waals surface area contributed by atoms with E-state index >= 15 is 0 Å².